The number of carbonyl (C=O) groups excluding carboxylic acids is 1. The third-order valence-electron chi connectivity index (χ3n) is 2.80. The normalized spacial score (nSPS) is 13.8. The van der Waals surface area contributed by atoms with Gasteiger partial charge in [-0.15, -0.1) is 11.3 Å². The smallest absolute Gasteiger partial charge is 0.187 e. The van der Waals surface area contributed by atoms with Crippen LogP contribution in [0.25, 0.3) is 16.2 Å². The molecule has 0 N–H and O–H groups in total. The van der Waals surface area contributed by atoms with Crippen LogP contribution in [0.4, 0.5) is 0 Å². The highest BCUT2D eigenvalue weighted by molar-refractivity contribution is 7.19. The van der Waals surface area contributed by atoms with Crippen molar-refractivity contribution in [2.24, 2.45) is 0 Å². The van der Waals surface area contributed by atoms with Gasteiger partial charge in [0.1, 0.15) is 0 Å². The first kappa shape index (κ1) is 8.86. The second-order valence-corrected chi connectivity index (χ2v) is 4.81. The van der Waals surface area contributed by atoms with Crippen molar-refractivity contribution < 1.29 is 4.79 Å². The maximum absolute atomic E-state index is 11.8. The third kappa shape index (κ3) is 1.11. The number of thiophene rings is 1. The Bertz CT molecular complexity index is 590. The Morgan fingerprint density at radius 2 is 2.13 bits per heavy atom. The number of rotatable bonds is 1. The molecule has 1 aromatic heterocycles. The summed E-state index contributed by atoms with van der Waals surface area (Å²) < 4.78 is 1.23. The number of allylic oxidation sites excluding steroid dienone is 1. The number of hydrogen-bond acceptors (Lipinski definition) is 2. The summed E-state index contributed by atoms with van der Waals surface area (Å²) in [5, 5.41) is 1.16. The highest BCUT2D eigenvalue weighted by Crippen LogP contribution is 2.37. The van der Waals surface area contributed by atoms with Gasteiger partial charge in [-0.25, -0.2) is 0 Å². The van der Waals surface area contributed by atoms with Crippen LogP contribution < -0.4 is 0 Å². The molecule has 0 saturated heterocycles. The Morgan fingerprint density at radius 3 is 2.93 bits per heavy atom. The molecule has 1 aliphatic rings. The van der Waals surface area contributed by atoms with E-state index in [0.717, 1.165) is 17.4 Å². The fourth-order valence-electron chi connectivity index (χ4n) is 2.12. The summed E-state index contributed by atoms with van der Waals surface area (Å²) in [6.45, 7) is 2.10. The van der Waals surface area contributed by atoms with Crippen molar-refractivity contribution in [2.75, 3.05) is 0 Å². The van der Waals surface area contributed by atoms with Gasteiger partial charge in [0.05, 0.1) is 0 Å². The maximum atomic E-state index is 11.8. The molecule has 0 spiro atoms. The summed E-state index contributed by atoms with van der Waals surface area (Å²) >= 11 is 1.75. The van der Waals surface area contributed by atoms with E-state index in [2.05, 4.69) is 25.1 Å². The standard InChI is InChI=1S/C13H10OS/c1-2-10-13-9(14)7-6-8-4-3-5-11(15-10)12(8)13/h3-7H,2H2,1H3. The largest absolute Gasteiger partial charge is 0.289 e. The predicted octanol–water partition coefficient (Wildman–Crippen LogP) is 3.67. The molecule has 15 heavy (non-hydrogen) atoms. The Kier molecular flexibility index (Phi) is 1.80. The summed E-state index contributed by atoms with van der Waals surface area (Å²) in [6.07, 6.45) is 4.54. The Labute approximate surface area is 92.0 Å². The van der Waals surface area contributed by atoms with Crippen molar-refractivity contribution in [3.05, 3.63) is 40.3 Å². The number of ketones is 1. The van der Waals surface area contributed by atoms with Crippen LogP contribution in [0.3, 0.4) is 0 Å². The Hall–Kier alpha value is -1.41. The lowest BCUT2D eigenvalue weighted by molar-refractivity contribution is 0.104. The minimum Gasteiger partial charge on any atom is -0.289 e. The molecule has 0 aliphatic heterocycles. The van der Waals surface area contributed by atoms with Crippen molar-refractivity contribution >= 4 is 33.3 Å². The van der Waals surface area contributed by atoms with Crippen LogP contribution in [0, 0.1) is 0 Å². The van der Waals surface area contributed by atoms with Gasteiger partial charge < -0.3 is 0 Å². The van der Waals surface area contributed by atoms with Gasteiger partial charge in [0, 0.05) is 20.5 Å². The molecule has 74 valence electrons. The summed E-state index contributed by atoms with van der Waals surface area (Å²) in [6, 6.07) is 6.22. The number of carbonyl (C=O) groups is 1. The van der Waals surface area contributed by atoms with Gasteiger partial charge in [-0.2, -0.15) is 0 Å². The van der Waals surface area contributed by atoms with Crippen LogP contribution in [0.2, 0.25) is 0 Å². The van der Waals surface area contributed by atoms with E-state index in [0.29, 0.717) is 0 Å². The van der Waals surface area contributed by atoms with Gasteiger partial charge in [0.25, 0.3) is 0 Å². The highest BCUT2D eigenvalue weighted by atomic mass is 32.1. The molecule has 3 rings (SSSR count). The quantitative estimate of drug-likeness (QED) is 0.707. The van der Waals surface area contributed by atoms with Gasteiger partial charge in [-0.05, 0) is 24.1 Å². The molecular formula is C13H10OS. The summed E-state index contributed by atoms with van der Waals surface area (Å²) in [7, 11) is 0. The summed E-state index contributed by atoms with van der Waals surface area (Å²) in [5.74, 6) is 0.164. The molecule has 0 radical (unpaired) electrons. The van der Waals surface area contributed by atoms with Crippen LogP contribution in [0.15, 0.2) is 24.3 Å². The zero-order chi connectivity index (χ0) is 10.4. The fourth-order valence-corrected chi connectivity index (χ4v) is 3.30. The average molecular weight is 214 g/mol. The van der Waals surface area contributed by atoms with Gasteiger partial charge in [0.2, 0.25) is 0 Å². The van der Waals surface area contributed by atoms with Gasteiger partial charge >= 0.3 is 0 Å². The lowest BCUT2D eigenvalue weighted by Crippen LogP contribution is -2.00. The SMILES string of the molecule is CCc1sc2cccc3c2c1C(=O)C=C3. The van der Waals surface area contributed by atoms with E-state index < -0.39 is 0 Å². The van der Waals surface area contributed by atoms with Crippen molar-refractivity contribution in [3.63, 3.8) is 0 Å². The first-order valence-corrected chi connectivity index (χ1v) is 5.89. The minimum atomic E-state index is 0.164. The summed E-state index contributed by atoms with van der Waals surface area (Å²) in [4.78, 5) is 13.0. The molecule has 0 bridgehead atoms. The van der Waals surface area contributed by atoms with Crippen molar-refractivity contribution in [1.82, 2.24) is 0 Å². The molecule has 2 heteroatoms. The molecule has 0 amide bonds. The number of aryl methyl sites for hydroxylation is 1. The number of benzene rings is 1. The molecule has 0 fully saturated rings. The molecule has 1 aromatic carbocycles. The van der Waals surface area contributed by atoms with E-state index in [1.807, 2.05) is 6.08 Å². The minimum absolute atomic E-state index is 0.164. The van der Waals surface area contributed by atoms with Gasteiger partial charge in [-0.3, -0.25) is 4.79 Å². The fraction of sp³-hybridized carbons (Fsp3) is 0.154. The van der Waals surface area contributed by atoms with Crippen LogP contribution in [-0.2, 0) is 6.42 Å². The molecular weight excluding hydrogens is 204 g/mol. The van der Waals surface area contributed by atoms with Gasteiger partial charge in [0.15, 0.2) is 5.78 Å². The second kappa shape index (κ2) is 3.04. The average Bonchev–Trinajstić information content (AvgIpc) is 2.64. The highest BCUT2D eigenvalue weighted by Gasteiger charge is 2.20. The topological polar surface area (TPSA) is 17.1 Å². The van der Waals surface area contributed by atoms with E-state index >= 15 is 0 Å². The molecule has 1 nitrogen and oxygen atoms in total. The molecule has 1 aliphatic carbocycles. The molecule has 2 aromatic rings. The van der Waals surface area contributed by atoms with Crippen molar-refractivity contribution in [3.8, 4) is 0 Å². The molecule has 0 saturated carbocycles. The predicted molar refractivity (Wildman–Crippen MR) is 64.6 cm³/mol. The van der Waals surface area contributed by atoms with E-state index in [1.54, 1.807) is 17.4 Å². The van der Waals surface area contributed by atoms with Crippen LogP contribution in [-0.4, -0.2) is 5.78 Å². The van der Waals surface area contributed by atoms with Crippen LogP contribution in [0.5, 0.6) is 0 Å². The first-order valence-electron chi connectivity index (χ1n) is 5.08. The maximum Gasteiger partial charge on any atom is 0.187 e. The third-order valence-corrected chi connectivity index (χ3v) is 4.10. The van der Waals surface area contributed by atoms with E-state index in [9.17, 15) is 4.79 Å². The van der Waals surface area contributed by atoms with Crippen molar-refractivity contribution in [1.29, 1.82) is 0 Å². The monoisotopic (exact) mass is 214 g/mol. The zero-order valence-electron chi connectivity index (χ0n) is 8.41. The Morgan fingerprint density at radius 1 is 1.27 bits per heavy atom. The van der Waals surface area contributed by atoms with E-state index in [1.165, 1.54) is 15.1 Å². The molecule has 1 heterocycles. The lowest BCUT2D eigenvalue weighted by Gasteiger charge is -2.06. The van der Waals surface area contributed by atoms with Crippen LogP contribution in [0.1, 0.15) is 27.7 Å². The van der Waals surface area contributed by atoms with Crippen molar-refractivity contribution in [2.45, 2.75) is 13.3 Å². The zero-order valence-corrected chi connectivity index (χ0v) is 9.23. The Balaban J connectivity index is 2.51. The molecule has 0 unspecified atom stereocenters. The second-order valence-electron chi connectivity index (χ2n) is 3.67. The lowest BCUT2D eigenvalue weighted by atomic mass is 9.96. The summed E-state index contributed by atoms with van der Waals surface area (Å²) in [5.41, 5.74) is 2.12. The number of hydrogen-bond donors (Lipinski definition) is 0. The van der Waals surface area contributed by atoms with Crippen LogP contribution >= 0.6 is 11.3 Å². The van der Waals surface area contributed by atoms with E-state index in [4.69, 9.17) is 0 Å². The van der Waals surface area contributed by atoms with Gasteiger partial charge in [-0.1, -0.05) is 25.1 Å². The van der Waals surface area contributed by atoms with E-state index in [-0.39, 0.29) is 5.78 Å². The molecule has 0 atom stereocenters. The first-order chi connectivity index (χ1) is 7.31.